The second kappa shape index (κ2) is 7.43. The molecule has 1 atom stereocenters. The van der Waals surface area contributed by atoms with Gasteiger partial charge in [0.2, 0.25) is 5.89 Å². The number of carbonyl (C=O) groups is 1. The number of aryl methyl sites for hydroxylation is 1. The largest absolute Gasteiger partial charge is 0.496 e. The van der Waals surface area contributed by atoms with Gasteiger partial charge < -0.3 is 14.6 Å². The molecule has 0 radical (unpaired) electrons. The van der Waals surface area contributed by atoms with Crippen LogP contribution in [0, 0.1) is 6.92 Å². The number of aromatic nitrogens is 3. The summed E-state index contributed by atoms with van der Waals surface area (Å²) < 4.78 is 10.4. The highest BCUT2D eigenvalue weighted by molar-refractivity contribution is 5.88. The van der Waals surface area contributed by atoms with Crippen LogP contribution in [0.25, 0.3) is 0 Å². The average Bonchev–Trinajstić information content (AvgIpc) is 3.06. The number of carbonyl (C=O) groups excluding carboxylic acids is 1. The molecule has 2 aromatic heterocycles. The van der Waals surface area contributed by atoms with Gasteiger partial charge >= 0.3 is 6.03 Å². The van der Waals surface area contributed by atoms with Gasteiger partial charge in [-0.2, -0.15) is 4.98 Å². The summed E-state index contributed by atoms with van der Waals surface area (Å²) in [6, 6.07) is 11.5. The molecule has 0 bridgehead atoms. The number of nitrogens with one attached hydrogen (secondary N) is 2. The van der Waals surface area contributed by atoms with Crippen LogP contribution in [-0.4, -0.2) is 28.3 Å². The Bertz CT molecular complexity index is 850. The summed E-state index contributed by atoms with van der Waals surface area (Å²) in [5.41, 5.74) is 0.710. The van der Waals surface area contributed by atoms with E-state index in [4.69, 9.17) is 9.26 Å². The first-order chi connectivity index (χ1) is 12.2. The average molecular weight is 339 g/mol. The molecular formula is C17H17N5O3. The van der Waals surface area contributed by atoms with Gasteiger partial charge in [-0.1, -0.05) is 29.4 Å². The molecule has 0 fully saturated rings. The predicted molar refractivity (Wildman–Crippen MR) is 90.3 cm³/mol. The summed E-state index contributed by atoms with van der Waals surface area (Å²) in [6.45, 7) is 1.68. The van der Waals surface area contributed by atoms with Gasteiger partial charge in [-0.25, -0.2) is 9.78 Å². The standard InChI is InChI=1S/C17H17N5O3/c1-11-19-16(22-25-11)15(12-7-3-4-8-13(12)24-2)21-17(23)20-14-9-5-6-10-18-14/h3-10,15H,1-2H3,(H2,18,20,21,23)/t15-/m1/s1. The Morgan fingerprint density at radius 1 is 1.20 bits per heavy atom. The molecule has 3 rings (SSSR count). The maximum Gasteiger partial charge on any atom is 0.321 e. The number of hydrogen-bond acceptors (Lipinski definition) is 6. The Morgan fingerprint density at radius 2 is 2.00 bits per heavy atom. The number of pyridine rings is 1. The molecule has 0 aliphatic carbocycles. The minimum atomic E-state index is -0.641. The van der Waals surface area contributed by atoms with Crippen LogP contribution >= 0.6 is 0 Å². The van der Waals surface area contributed by atoms with Crippen LogP contribution < -0.4 is 15.4 Å². The molecule has 25 heavy (non-hydrogen) atoms. The topological polar surface area (TPSA) is 102 Å². The normalized spacial score (nSPS) is 11.6. The molecule has 0 saturated heterocycles. The van der Waals surface area contributed by atoms with Crippen molar-refractivity contribution in [3.8, 4) is 5.75 Å². The Morgan fingerprint density at radius 3 is 2.68 bits per heavy atom. The minimum Gasteiger partial charge on any atom is -0.496 e. The molecule has 2 heterocycles. The van der Waals surface area contributed by atoms with E-state index in [9.17, 15) is 4.79 Å². The Balaban J connectivity index is 1.88. The van der Waals surface area contributed by atoms with E-state index in [1.807, 2.05) is 18.2 Å². The number of amides is 2. The molecule has 2 N–H and O–H groups in total. The van der Waals surface area contributed by atoms with E-state index in [1.165, 1.54) is 0 Å². The molecule has 0 unspecified atom stereocenters. The van der Waals surface area contributed by atoms with Crippen LogP contribution in [0.5, 0.6) is 5.75 Å². The number of rotatable bonds is 5. The zero-order chi connectivity index (χ0) is 17.6. The maximum atomic E-state index is 12.4. The zero-order valence-corrected chi connectivity index (χ0v) is 13.8. The van der Waals surface area contributed by atoms with Crippen LogP contribution in [0.4, 0.5) is 10.6 Å². The van der Waals surface area contributed by atoms with Crippen molar-refractivity contribution in [2.45, 2.75) is 13.0 Å². The summed E-state index contributed by atoms with van der Waals surface area (Å²) in [4.78, 5) is 20.7. The highest BCUT2D eigenvalue weighted by Gasteiger charge is 2.25. The fourth-order valence-electron chi connectivity index (χ4n) is 2.34. The quantitative estimate of drug-likeness (QED) is 0.741. The highest BCUT2D eigenvalue weighted by atomic mass is 16.5. The van der Waals surface area contributed by atoms with Gasteiger partial charge in [-0.15, -0.1) is 0 Å². The van der Waals surface area contributed by atoms with Crippen LogP contribution in [0.2, 0.25) is 0 Å². The third kappa shape index (κ3) is 3.92. The molecule has 0 saturated carbocycles. The second-order valence-electron chi connectivity index (χ2n) is 5.16. The Labute approximate surface area is 144 Å². The van der Waals surface area contributed by atoms with Crippen LogP contribution in [0.3, 0.4) is 0 Å². The van der Waals surface area contributed by atoms with Crippen molar-refractivity contribution >= 4 is 11.8 Å². The molecule has 3 aromatic rings. The van der Waals surface area contributed by atoms with Gasteiger partial charge in [0.05, 0.1) is 7.11 Å². The number of nitrogens with zero attached hydrogens (tertiary/aromatic N) is 3. The number of hydrogen-bond donors (Lipinski definition) is 2. The number of para-hydroxylation sites is 1. The molecular weight excluding hydrogens is 322 g/mol. The fourth-order valence-corrected chi connectivity index (χ4v) is 2.34. The van der Waals surface area contributed by atoms with Crippen LogP contribution in [0.1, 0.15) is 23.3 Å². The predicted octanol–water partition coefficient (Wildman–Crippen LogP) is 2.69. The lowest BCUT2D eigenvalue weighted by molar-refractivity contribution is 0.249. The van der Waals surface area contributed by atoms with Gasteiger partial charge in [-0.05, 0) is 18.2 Å². The summed E-state index contributed by atoms with van der Waals surface area (Å²) in [5.74, 6) is 1.77. The van der Waals surface area contributed by atoms with E-state index in [1.54, 1.807) is 44.5 Å². The third-order valence-corrected chi connectivity index (χ3v) is 3.43. The number of benzene rings is 1. The minimum absolute atomic E-state index is 0.332. The van der Waals surface area contributed by atoms with E-state index < -0.39 is 12.1 Å². The second-order valence-corrected chi connectivity index (χ2v) is 5.16. The van der Waals surface area contributed by atoms with Gasteiger partial charge in [0, 0.05) is 18.7 Å². The molecule has 8 nitrogen and oxygen atoms in total. The third-order valence-electron chi connectivity index (χ3n) is 3.43. The number of ether oxygens (including phenoxy) is 1. The summed E-state index contributed by atoms with van der Waals surface area (Å²) in [5, 5.41) is 9.43. The van der Waals surface area contributed by atoms with Crippen molar-refractivity contribution in [3.05, 3.63) is 65.9 Å². The Kier molecular flexibility index (Phi) is 4.89. The highest BCUT2D eigenvalue weighted by Crippen LogP contribution is 2.28. The lowest BCUT2D eigenvalue weighted by Crippen LogP contribution is -2.34. The zero-order valence-electron chi connectivity index (χ0n) is 13.8. The summed E-state index contributed by atoms with van der Waals surface area (Å²) >= 11 is 0. The van der Waals surface area contributed by atoms with Crippen LogP contribution in [0.15, 0.2) is 53.2 Å². The number of methoxy groups -OCH3 is 1. The first-order valence-corrected chi connectivity index (χ1v) is 7.59. The molecule has 0 aliphatic rings. The van der Waals surface area contributed by atoms with E-state index in [0.29, 0.717) is 28.8 Å². The van der Waals surface area contributed by atoms with E-state index >= 15 is 0 Å². The van der Waals surface area contributed by atoms with Crippen molar-refractivity contribution in [2.75, 3.05) is 12.4 Å². The van der Waals surface area contributed by atoms with Crippen molar-refractivity contribution in [1.29, 1.82) is 0 Å². The van der Waals surface area contributed by atoms with Crippen molar-refractivity contribution in [2.24, 2.45) is 0 Å². The van der Waals surface area contributed by atoms with Gasteiger partial charge in [0.25, 0.3) is 0 Å². The first-order valence-electron chi connectivity index (χ1n) is 7.59. The number of anilines is 1. The van der Waals surface area contributed by atoms with Crippen molar-refractivity contribution < 1.29 is 14.1 Å². The monoisotopic (exact) mass is 339 g/mol. The van der Waals surface area contributed by atoms with E-state index in [0.717, 1.165) is 0 Å². The molecule has 8 heteroatoms. The lowest BCUT2D eigenvalue weighted by Gasteiger charge is -2.18. The van der Waals surface area contributed by atoms with Crippen molar-refractivity contribution in [1.82, 2.24) is 20.4 Å². The molecule has 2 amide bonds. The SMILES string of the molecule is COc1ccccc1[C@@H](NC(=O)Nc1ccccn1)c1noc(C)n1. The Hall–Kier alpha value is -3.42. The maximum absolute atomic E-state index is 12.4. The van der Waals surface area contributed by atoms with E-state index in [-0.39, 0.29) is 0 Å². The summed E-state index contributed by atoms with van der Waals surface area (Å²) in [7, 11) is 1.56. The van der Waals surface area contributed by atoms with Crippen molar-refractivity contribution in [3.63, 3.8) is 0 Å². The molecule has 0 spiro atoms. The molecule has 0 aliphatic heterocycles. The lowest BCUT2D eigenvalue weighted by atomic mass is 10.1. The molecule has 1 aromatic carbocycles. The smallest absolute Gasteiger partial charge is 0.321 e. The van der Waals surface area contributed by atoms with Gasteiger partial charge in [0.1, 0.15) is 17.6 Å². The number of urea groups is 1. The molecule has 128 valence electrons. The summed E-state index contributed by atoms with van der Waals surface area (Å²) in [6.07, 6.45) is 1.59. The first kappa shape index (κ1) is 16.4. The van der Waals surface area contributed by atoms with E-state index in [2.05, 4.69) is 25.8 Å². The van der Waals surface area contributed by atoms with Gasteiger partial charge in [0.15, 0.2) is 5.82 Å². The fraction of sp³-hybridized carbons (Fsp3) is 0.176. The van der Waals surface area contributed by atoms with Gasteiger partial charge in [-0.3, -0.25) is 5.32 Å². The van der Waals surface area contributed by atoms with Crippen LogP contribution in [-0.2, 0) is 0 Å².